The summed E-state index contributed by atoms with van der Waals surface area (Å²) in [6.45, 7) is 6.14. The van der Waals surface area contributed by atoms with Crippen molar-refractivity contribution in [2.75, 3.05) is 7.05 Å². The van der Waals surface area contributed by atoms with Crippen LogP contribution in [0.1, 0.15) is 49.7 Å². The Kier molecular flexibility index (Phi) is 4.73. The first kappa shape index (κ1) is 12.2. The van der Waals surface area contributed by atoms with E-state index in [0.29, 0.717) is 5.92 Å². The fourth-order valence-electron chi connectivity index (χ4n) is 1.38. The Labute approximate surface area is 95.5 Å². The smallest absolute Gasteiger partial charge is 0.0829 e. The second-order valence-electron chi connectivity index (χ2n) is 3.65. The molecule has 15 heavy (non-hydrogen) atoms. The first-order valence-electron chi connectivity index (χ1n) is 5.09. The van der Waals surface area contributed by atoms with Gasteiger partial charge in [-0.3, -0.25) is 0 Å². The maximum atomic E-state index is 4.17. The molecule has 82 valence electrons. The van der Waals surface area contributed by atoms with Gasteiger partial charge in [0, 0.05) is 6.42 Å². The summed E-state index contributed by atoms with van der Waals surface area (Å²) in [5, 5.41) is 7.44. The summed E-state index contributed by atoms with van der Waals surface area (Å²) in [6.07, 6.45) is 0.816. The molecule has 3 nitrogen and oxygen atoms in total. The molecule has 4 heteroatoms. The average Bonchev–Trinajstić information content (AvgIpc) is 2.68. The predicted molar refractivity (Wildman–Crippen MR) is 63.9 cm³/mol. The van der Waals surface area contributed by atoms with Crippen molar-refractivity contribution in [1.82, 2.24) is 14.9 Å². The fourth-order valence-corrected chi connectivity index (χ4v) is 2.29. The Morgan fingerprint density at radius 1 is 1.47 bits per heavy atom. The van der Waals surface area contributed by atoms with Crippen molar-refractivity contribution in [2.45, 2.75) is 39.2 Å². The van der Waals surface area contributed by atoms with E-state index in [1.807, 2.05) is 14.0 Å². The van der Waals surface area contributed by atoms with Crippen molar-refractivity contribution < 1.29 is 0 Å². The topological polar surface area (TPSA) is 37.8 Å². The van der Waals surface area contributed by atoms with Crippen LogP contribution in [0.2, 0.25) is 0 Å². The van der Waals surface area contributed by atoms with Gasteiger partial charge in [0.15, 0.2) is 0 Å². The number of aromatic nitrogens is 2. The van der Waals surface area contributed by atoms with Crippen molar-refractivity contribution in [3.05, 3.63) is 10.6 Å². The molecule has 1 aromatic rings. The van der Waals surface area contributed by atoms with Crippen molar-refractivity contribution in [3.8, 4) is 11.8 Å². The molecule has 0 saturated carbocycles. The Hall–Kier alpha value is -0.920. The van der Waals surface area contributed by atoms with Gasteiger partial charge < -0.3 is 5.32 Å². The van der Waals surface area contributed by atoms with Crippen molar-refractivity contribution in [3.63, 3.8) is 0 Å². The Balaban J connectivity index is 2.89. The highest BCUT2D eigenvalue weighted by Crippen LogP contribution is 2.27. The Morgan fingerprint density at radius 3 is 2.73 bits per heavy atom. The van der Waals surface area contributed by atoms with Gasteiger partial charge in [0.2, 0.25) is 0 Å². The summed E-state index contributed by atoms with van der Waals surface area (Å²) in [7, 11) is 1.95. The molecule has 0 aliphatic heterocycles. The van der Waals surface area contributed by atoms with Gasteiger partial charge in [-0.05, 0) is 31.4 Å². The van der Waals surface area contributed by atoms with E-state index < -0.39 is 0 Å². The van der Waals surface area contributed by atoms with Gasteiger partial charge in [-0.15, -0.1) is 16.9 Å². The van der Waals surface area contributed by atoms with Crippen LogP contribution >= 0.6 is 11.5 Å². The number of hydrogen-bond acceptors (Lipinski definition) is 4. The highest BCUT2D eigenvalue weighted by atomic mass is 32.1. The van der Waals surface area contributed by atoms with Gasteiger partial charge in [0.25, 0.3) is 0 Å². The molecular formula is C11H17N3S. The molecule has 1 N–H and O–H groups in total. The molecule has 1 unspecified atom stereocenters. The number of nitrogens with zero attached hydrogens (tertiary/aromatic N) is 2. The van der Waals surface area contributed by atoms with Crippen LogP contribution in [0.25, 0.3) is 0 Å². The van der Waals surface area contributed by atoms with Gasteiger partial charge in [0.05, 0.1) is 16.6 Å². The maximum absolute atomic E-state index is 4.17. The molecule has 1 atom stereocenters. The van der Waals surface area contributed by atoms with Crippen molar-refractivity contribution >= 4 is 11.5 Å². The van der Waals surface area contributed by atoms with Crippen LogP contribution in [0.3, 0.4) is 0 Å². The first-order chi connectivity index (χ1) is 7.20. The molecule has 1 aromatic heterocycles. The average molecular weight is 223 g/mol. The van der Waals surface area contributed by atoms with E-state index >= 15 is 0 Å². The molecule has 0 amide bonds. The molecule has 0 radical (unpaired) electrons. The predicted octanol–water partition coefficient (Wildman–Crippen LogP) is 2.34. The van der Waals surface area contributed by atoms with Crippen LogP contribution in [-0.4, -0.2) is 16.6 Å². The lowest BCUT2D eigenvalue weighted by Gasteiger charge is -2.13. The first-order valence-corrected chi connectivity index (χ1v) is 5.87. The summed E-state index contributed by atoms with van der Waals surface area (Å²) in [4.78, 5) is 1.22. The van der Waals surface area contributed by atoms with E-state index in [1.54, 1.807) is 0 Å². The minimum absolute atomic E-state index is 0.259. The molecular weight excluding hydrogens is 206 g/mol. The summed E-state index contributed by atoms with van der Waals surface area (Å²) >= 11 is 1.47. The van der Waals surface area contributed by atoms with Crippen LogP contribution < -0.4 is 5.32 Å². The van der Waals surface area contributed by atoms with E-state index in [1.165, 1.54) is 16.4 Å². The maximum Gasteiger partial charge on any atom is 0.0829 e. The normalized spacial score (nSPS) is 12.3. The lowest BCUT2D eigenvalue weighted by Crippen LogP contribution is -2.16. The Morgan fingerprint density at radius 2 is 2.20 bits per heavy atom. The highest BCUT2D eigenvalue weighted by Gasteiger charge is 2.18. The number of hydrogen-bond donors (Lipinski definition) is 1. The molecule has 0 aliphatic carbocycles. The van der Waals surface area contributed by atoms with Gasteiger partial charge in [-0.2, -0.15) is 0 Å². The van der Waals surface area contributed by atoms with E-state index in [4.69, 9.17) is 0 Å². The molecule has 0 fully saturated rings. The van der Waals surface area contributed by atoms with Crippen LogP contribution in [0.15, 0.2) is 0 Å². The third-order valence-corrected chi connectivity index (χ3v) is 3.09. The molecule has 0 saturated heterocycles. The summed E-state index contributed by atoms with van der Waals surface area (Å²) in [5.41, 5.74) is 1.09. The van der Waals surface area contributed by atoms with E-state index in [-0.39, 0.29) is 6.04 Å². The van der Waals surface area contributed by atoms with E-state index in [2.05, 4.69) is 40.6 Å². The zero-order valence-corrected chi connectivity index (χ0v) is 10.5. The van der Waals surface area contributed by atoms with Gasteiger partial charge in [0.1, 0.15) is 0 Å². The molecule has 0 bridgehead atoms. The van der Waals surface area contributed by atoms with Gasteiger partial charge in [-0.25, -0.2) is 0 Å². The second kappa shape index (κ2) is 5.84. The zero-order valence-electron chi connectivity index (χ0n) is 9.66. The van der Waals surface area contributed by atoms with E-state index in [0.717, 1.165) is 12.1 Å². The zero-order chi connectivity index (χ0) is 11.3. The van der Waals surface area contributed by atoms with Crippen molar-refractivity contribution in [1.29, 1.82) is 0 Å². The third kappa shape index (κ3) is 3.01. The van der Waals surface area contributed by atoms with E-state index in [9.17, 15) is 0 Å². The Bertz CT molecular complexity index is 359. The molecule has 1 rings (SSSR count). The number of rotatable bonds is 4. The van der Waals surface area contributed by atoms with Crippen LogP contribution in [0, 0.1) is 11.8 Å². The molecule has 0 aliphatic rings. The largest absolute Gasteiger partial charge is 0.311 e. The summed E-state index contributed by atoms with van der Waals surface area (Å²) in [5.74, 6) is 6.43. The number of nitrogens with one attached hydrogen (secondary N) is 1. The lowest BCUT2D eigenvalue weighted by molar-refractivity contribution is 0.607. The monoisotopic (exact) mass is 223 g/mol. The highest BCUT2D eigenvalue weighted by molar-refractivity contribution is 7.05. The van der Waals surface area contributed by atoms with Gasteiger partial charge in [-0.1, -0.05) is 18.3 Å². The second-order valence-corrected chi connectivity index (χ2v) is 4.43. The SMILES string of the molecule is CC#CCC(NC)c1snnc1C(C)C. The van der Waals surface area contributed by atoms with Crippen molar-refractivity contribution in [2.24, 2.45) is 0 Å². The summed E-state index contributed by atoms with van der Waals surface area (Å²) < 4.78 is 4.02. The standard InChI is InChI=1S/C11H17N3S/c1-5-6-7-9(12-4)11-10(8(2)3)13-14-15-11/h8-9,12H,7H2,1-4H3. The minimum Gasteiger partial charge on any atom is -0.311 e. The molecule has 0 spiro atoms. The minimum atomic E-state index is 0.259. The molecule has 0 aromatic carbocycles. The lowest BCUT2D eigenvalue weighted by atomic mass is 10.0. The molecule has 1 heterocycles. The fraction of sp³-hybridized carbons (Fsp3) is 0.636. The van der Waals surface area contributed by atoms with Gasteiger partial charge >= 0.3 is 0 Å². The van der Waals surface area contributed by atoms with Crippen LogP contribution in [0.4, 0.5) is 0 Å². The van der Waals surface area contributed by atoms with Crippen LogP contribution in [-0.2, 0) is 0 Å². The quantitative estimate of drug-likeness (QED) is 0.796. The van der Waals surface area contributed by atoms with Crippen LogP contribution in [0.5, 0.6) is 0 Å². The summed E-state index contributed by atoms with van der Waals surface area (Å²) in [6, 6.07) is 0.259. The third-order valence-electron chi connectivity index (χ3n) is 2.23.